The van der Waals surface area contributed by atoms with Crippen molar-refractivity contribution in [2.24, 2.45) is 11.8 Å². The maximum Gasteiger partial charge on any atom is 0.514 e. The van der Waals surface area contributed by atoms with Crippen LogP contribution in [0.3, 0.4) is 0 Å². The number of ether oxygens (including phenoxy) is 3. The molecule has 6 atom stereocenters. The summed E-state index contributed by atoms with van der Waals surface area (Å²) in [5.74, 6) is 1.48. The van der Waals surface area contributed by atoms with Crippen LogP contribution in [0.25, 0.3) is 33.6 Å². The molecule has 4 aromatic carbocycles. The molecule has 0 radical (unpaired) electrons. The molecular formula is C57H55N11O11S2. The zero-order valence-electron chi connectivity index (χ0n) is 44.4. The Hall–Kier alpha value is -8.90. The highest BCUT2D eigenvalue weighted by Crippen LogP contribution is 2.44. The zero-order valence-corrected chi connectivity index (χ0v) is 46.1. The van der Waals surface area contributed by atoms with Crippen LogP contribution in [0.2, 0.25) is 0 Å². The summed E-state index contributed by atoms with van der Waals surface area (Å²) < 4.78 is 76.6. The number of carbonyl (C=O) groups is 2. The molecule has 12 rings (SSSR count). The van der Waals surface area contributed by atoms with Gasteiger partial charge in [0.15, 0.2) is 22.6 Å². The summed E-state index contributed by atoms with van der Waals surface area (Å²) >= 11 is 0. The first-order chi connectivity index (χ1) is 39.0. The highest BCUT2D eigenvalue weighted by molar-refractivity contribution is 7.90. The van der Waals surface area contributed by atoms with Crippen molar-refractivity contribution in [3.63, 3.8) is 0 Å². The maximum absolute atomic E-state index is 13.4. The van der Waals surface area contributed by atoms with Crippen molar-refractivity contribution in [2.75, 3.05) is 0 Å². The summed E-state index contributed by atoms with van der Waals surface area (Å²) in [7, 11) is -7.74. The average molecular weight is 1130 g/mol. The first kappa shape index (κ1) is 54.1. The van der Waals surface area contributed by atoms with E-state index < -0.39 is 37.2 Å². The number of nitro groups is 1. The van der Waals surface area contributed by atoms with Gasteiger partial charge in [0.1, 0.15) is 29.6 Å². The third-order valence-electron chi connectivity index (χ3n) is 15.3. The Morgan fingerprint density at radius 2 is 1.07 bits per heavy atom. The molecule has 2 saturated carbocycles. The van der Waals surface area contributed by atoms with Crippen LogP contribution in [0.15, 0.2) is 150 Å². The first-order valence-electron chi connectivity index (χ1n) is 26.4. The fourth-order valence-corrected chi connectivity index (χ4v) is 13.8. The summed E-state index contributed by atoms with van der Waals surface area (Å²) in [5.41, 5.74) is 5.46. The Morgan fingerprint density at radius 1 is 0.605 bits per heavy atom. The second-order valence-corrected chi connectivity index (χ2v) is 24.0. The standard InChI is InChI=1S/C29H29N5O4S.C28H26N6O7S/c1-3-21-16-22(38-27(35)15-20-7-5-4-6-8-20)17-24(21)28-32-31-26-18-30-29-25(34(26)28)13-14-33(29)39(36,37)23-11-9-19(2)10-12-23;1-3-18-14-21(41-28(35)40-20-8-6-19(7-9-20)34(36)37)15-23(18)26-31-30-25-16-29-27-24(33(25)26)12-13-32(27)42(38,39)22-10-4-17(2)5-11-22/h4-14,18,21-22,24H,3,15-17H2,1-2H3;4-13,16,18,21,23H,3,14-15H2,1-2H3/t21-,22+,24+;18-,21+,23+/m11/s1. The second kappa shape index (κ2) is 22.0. The number of esters is 1. The molecule has 416 valence electrons. The topological polar surface area (TPSA) is 269 Å². The number of carbonyl (C=O) groups excluding carboxylic acids is 2. The third-order valence-corrected chi connectivity index (χ3v) is 18.7. The van der Waals surface area contributed by atoms with E-state index in [-0.39, 0.29) is 69.0 Å². The molecule has 24 heteroatoms. The molecule has 0 bridgehead atoms. The molecule has 6 heterocycles. The Labute approximate surface area is 464 Å². The smallest absolute Gasteiger partial charge is 0.462 e. The number of aromatic nitrogens is 10. The largest absolute Gasteiger partial charge is 0.514 e. The molecule has 2 aliphatic rings. The highest BCUT2D eigenvalue weighted by Gasteiger charge is 2.41. The van der Waals surface area contributed by atoms with E-state index in [1.807, 2.05) is 59.9 Å². The number of benzene rings is 4. The lowest BCUT2D eigenvalue weighted by Crippen LogP contribution is -2.18. The number of non-ortho nitro benzene ring substituents is 1. The first-order valence-corrected chi connectivity index (χ1v) is 29.3. The van der Waals surface area contributed by atoms with Crippen LogP contribution in [0.5, 0.6) is 5.75 Å². The fourth-order valence-electron chi connectivity index (χ4n) is 11.2. The quantitative estimate of drug-likeness (QED) is 0.0424. The minimum atomic E-state index is -3.90. The monoisotopic (exact) mass is 1130 g/mol. The van der Waals surface area contributed by atoms with Gasteiger partial charge in [-0.3, -0.25) is 23.7 Å². The summed E-state index contributed by atoms with van der Waals surface area (Å²) in [6, 6.07) is 31.5. The number of nitrogens with zero attached hydrogens (tertiary/aromatic N) is 11. The summed E-state index contributed by atoms with van der Waals surface area (Å²) in [4.78, 5) is 44.7. The van der Waals surface area contributed by atoms with Gasteiger partial charge in [0.05, 0.1) is 44.6 Å². The SMILES string of the molecule is CC[C@@H]1C[C@H](OC(=O)Cc2ccccc2)C[C@@H]1c1nnc2cnc3c(ccn3S(=O)(=O)c3ccc(C)cc3)n12.CC[C@@H]1C[C@H](OC(=O)Oc2ccc([N+](=O)[O-])cc2)C[C@@H]1c1nnc2cnc3c(ccn3S(=O)(=O)c3ccc(C)cc3)n12. The fraction of sp³-hybridized carbons (Fsp3) is 0.298. The lowest BCUT2D eigenvalue weighted by molar-refractivity contribution is -0.384. The van der Waals surface area contributed by atoms with E-state index in [1.54, 1.807) is 66.9 Å². The Balaban J connectivity index is 0.000000171. The molecule has 0 saturated heterocycles. The molecule has 0 spiro atoms. The van der Waals surface area contributed by atoms with Gasteiger partial charge >= 0.3 is 12.1 Å². The predicted molar refractivity (Wildman–Crippen MR) is 296 cm³/mol. The number of fused-ring (bicyclic) bond motifs is 6. The van der Waals surface area contributed by atoms with E-state index in [0.717, 1.165) is 45.7 Å². The van der Waals surface area contributed by atoms with E-state index >= 15 is 0 Å². The Morgan fingerprint density at radius 3 is 1.53 bits per heavy atom. The molecular weight excluding hydrogens is 1080 g/mol. The van der Waals surface area contributed by atoms with Crippen LogP contribution in [-0.2, 0) is 40.7 Å². The van der Waals surface area contributed by atoms with Gasteiger partial charge < -0.3 is 14.2 Å². The minimum Gasteiger partial charge on any atom is -0.462 e. The number of hydrogen-bond donors (Lipinski definition) is 0. The van der Waals surface area contributed by atoms with Gasteiger partial charge in [-0.1, -0.05) is 92.4 Å². The van der Waals surface area contributed by atoms with E-state index in [1.165, 1.54) is 46.8 Å². The molecule has 6 aromatic heterocycles. The van der Waals surface area contributed by atoms with Crippen molar-refractivity contribution in [1.29, 1.82) is 0 Å². The average Bonchev–Trinajstić information content (AvgIpc) is 4.35. The van der Waals surface area contributed by atoms with Crippen molar-refractivity contribution in [3.8, 4) is 5.75 Å². The second-order valence-electron chi connectivity index (χ2n) is 20.4. The van der Waals surface area contributed by atoms with Crippen LogP contribution in [0.4, 0.5) is 10.5 Å². The van der Waals surface area contributed by atoms with Gasteiger partial charge in [-0.2, -0.15) is 0 Å². The van der Waals surface area contributed by atoms with Gasteiger partial charge in [-0.05, 0) is 105 Å². The van der Waals surface area contributed by atoms with Crippen molar-refractivity contribution < 1.29 is 45.6 Å². The van der Waals surface area contributed by atoms with Crippen molar-refractivity contribution in [1.82, 2.24) is 47.1 Å². The number of aryl methyl sites for hydroxylation is 2. The highest BCUT2D eigenvalue weighted by atomic mass is 32.2. The summed E-state index contributed by atoms with van der Waals surface area (Å²) in [5, 5.41) is 28.5. The molecule has 0 amide bonds. The van der Waals surface area contributed by atoms with Gasteiger partial charge in [0, 0.05) is 36.4 Å². The van der Waals surface area contributed by atoms with Crippen molar-refractivity contribution >= 4 is 71.5 Å². The van der Waals surface area contributed by atoms with Crippen LogP contribution in [-0.4, -0.2) is 93.2 Å². The van der Waals surface area contributed by atoms with Crippen LogP contribution in [0, 0.1) is 35.8 Å². The van der Waals surface area contributed by atoms with Gasteiger partial charge in [-0.15, -0.1) is 20.4 Å². The van der Waals surface area contributed by atoms with E-state index in [2.05, 4.69) is 37.3 Å². The maximum atomic E-state index is 13.4. The zero-order chi connectivity index (χ0) is 56.7. The summed E-state index contributed by atoms with van der Waals surface area (Å²) in [6.45, 7) is 7.96. The molecule has 0 aliphatic heterocycles. The van der Waals surface area contributed by atoms with E-state index in [9.17, 15) is 36.5 Å². The molecule has 0 unspecified atom stereocenters. The molecule has 0 N–H and O–H groups in total. The number of hydrogen-bond acceptors (Lipinski definition) is 17. The molecule has 81 heavy (non-hydrogen) atoms. The van der Waals surface area contributed by atoms with Gasteiger partial charge in [-0.25, -0.2) is 39.5 Å². The molecule has 2 aliphatic carbocycles. The molecule has 22 nitrogen and oxygen atoms in total. The van der Waals surface area contributed by atoms with E-state index in [4.69, 9.17) is 14.2 Å². The van der Waals surface area contributed by atoms with Gasteiger partial charge in [0.2, 0.25) is 0 Å². The normalized spacial score (nSPS) is 19.2. The minimum absolute atomic E-state index is 0.00202. The number of nitro benzene ring substituents is 1. The van der Waals surface area contributed by atoms with Crippen molar-refractivity contribution in [2.45, 2.75) is 106 Å². The Bertz CT molecular complexity index is 4220. The van der Waals surface area contributed by atoms with Crippen LogP contribution < -0.4 is 4.74 Å². The van der Waals surface area contributed by atoms with E-state index in [0.29, 0.717) is 53.1 Å². The Kier molecular flexibility index (Phi) is 14.7. The molecule has 10 aromatic rings. The third kappa shape index (κ3) is 10.6. The van der Waals surface area contributed by atoms with Gasteiger partial charge in [0.25, 0.3) is 25.7 Å². The molecule has 2 fully saturated rings. The summed E-state index contributed by atoms with van der Waals surface area (Å²) in [6.07, 6.45) is 8.79. The van der Waals surface area contributed by atoms with Crippen LogP contribution in [0.1, 0.15) is 92.5 Å². The lowest BCUT2D eigenvalue weighted by atomic mass is 9.93. The number of rotatable bonds is 14. The van der Waals surface area contributed by atoms with Crippen LogP contribution >= 0.6 is 0 Å². The predicted octanol–water partition coefficient (Wildman–Crippen LogP) is 9.70. The van der Waals surface area contributed by atoms with Crippen molar-refractivity contribution in [3.05, 3.63) is 179 Å². The lowest BCUT2D eigenvalue weighted by Gasteiger charge is -2.16.